The van der Waals surface area contributed by atoms with Gasteiger partial charge in [0.15, 0.2) is 0 Å². The molecule has 166 valence electrons. The van der Waals surface area contributed by atoms with E-state index in [9.17, 15) is 18.9 Å². The van der Waals surface area contributed by atoms with Crippen LogP contribution in [0, 0.1) is 28.7 Å². The number of hydrazone groups is 1. The van der Waals surface area contributed by atoms with E-state index in [1.807, 2.05) is 0 Å². The lowest BCUT2D eigenvalue weighted by Gasteiger charge is -2.35. The predicted molar refractivity (Wildman–Crippen MR) is 121 cm³/mol. The third-order valence-corrected chi connectivity index (χ3v) is 7.14. The number of nitro benzene ring substituents is 1. The van der Waals surface area contributed by atoms with E-state index in [1.54, 1.807) is 24.1 Å². The second-order valence-electron chi connectivity index (χ2n) is 7.03. The molecular formula is C20H18F2N6O2S2. The van der Waals surface area contributed by atoms with Gasteiger partial charge in [-0.3, -0.25) is 10.1 Å². The molecule has 3 aromatic rings. The van der Waals surface area contributed by atoms with Crippen LogP contribution in [0.3, 0.4) is 0 Å². The lowest BCUT2D eigenvalue weighted by atomic mass is 10.00. The Hall–Kier alpha value is -2.96. The van der Waals surface area contributed by atoms with Gasteiger partial charge in [-0.05, 0) is 50.1 Å². The van der Waals surface area contributed by atoms with Gasteiger partial charge < -0.3 is 5.73 Å². The van der Waals surface area contributed by atoms with Gasteiger partial charge in [0.25, 0.3) is 5.69 Å². The lowest BCUT2D eigenvalue weighted by Crippen LogP contribution is -2.38. The Morgan fingerprint density at radius 3 is 2.72 bits per heavy atom. The second-order valence-corrected chi connectivity index (χ2v) is 9.46. The molecule has 0 saturated carbocycles. The Bertz CT molecular complexity index is 1200. The number of benzene rings is 2. The average molecular weight is 477 g/mol. The van der Waals surface area contributed by atoms with Gasteiger partial charge in [0.2, 0.25) is 5.13 Å². The molecule has 8 nitrogen and oxygen atoms in total. The Kier molecular flexibility index (Phi) is 6.17. The molecule has 0 saturated heterocycles. The largest absolute Gasteiger partial charge is 0.330 e. The van der Waals surface area contributed by atoms with Gasteiger partial charge in [0, 0.05) is 17.7 Å². The van der Waals surface area contributed by atoms with Crippen molar-refractivity contribution in [2.45, 2.75) is 24.6 Å². The summed E-state index contributed by atoms with van der Waals surface area (Å²) in [6, 6.07) is 9.35. The van der Waals surface area contributed by atoms with Crippen molar-refractivity contribution >= 4 is 39.0 Å². The van der Waals surface area contributed by atoms with Gasteiger partial charge in [-0.1, -0.05) is 35.2 Å². The van der Waals surface area contributed by atoms with Crippen molar-refractivity contribution in [3.8, 4) is 0 Å². The summed E-state index contributed by atoms with van der Waals surface area (Å²) >= 11 is 2.47. The number of nitrogens with two attached hydrogens (primary N) is 1. The van der Waals surface area contributed by atoms with Crippen molar-refractivity contribution in [1.82, 2.24) is 10.2 Å². The van der Waals surface area contributed by atoms with Gasteiger partial charge >= 0.3 is 0 Å². The van der Waals surface area contributed by atoms with Crippen LogP contribution in [-0.2, 0) is 4.87 Å². The maximum absolute atomic E-state index is 14.6. The molecule has 32 heavy (non-hydrogen) atoms. The highest BCUT2D eigenvalue weighted by Crippen LogP contribution is 2.53. The number of nitro groups is 1. The van der Waals surface area contributed by atoms with Crippen molar-refractivity contribution in [2.75, 3.05) is 11.6 Å². The van der Waals surface area contributed by atoms with E-state index < -0.39 is 21.4 Å². The first-order valence-corrected chi connectivity index (χ1v) is 11.3. The minimum absolute atomic E-state index is 0.00120. The summed E-state index contributed by atoms with van der Waals surface area (Å²) in [6.07, 6.45) is 0.982. The predicted octanol–water partition coefficient (Wildman–Crippen LogP) is 4.54. The summed E-state index contributed by atoms with van der Waals surface area (Å²) in [6.45, 7) is 2.15. The highest BCUT2D eigenvalue weighted by Gasteiger charge is 2.48. The third kappa shape index (κ3) is 4.08. The minimum Gasteiger partial charge on any atom is -0.330 e. The molecule has 2 aromatic carbocycles. The van der Waals surface area contributed by atoms with Crippen LogP contribution in [0.2, 0.25) is 0 Å². The number of nitrogens with zero attached hydrogens (tertiary/aromatic N) is 5. The van der Waals surface area contributed by atoms with E-state index in [0.717, 1.165) is 18.2 Å². The van der Waals surface area contributed by atoms with Crippen molar-refractivity contribution < 1.29 is 13.7 Å². The fourth-order valence-corrected chi connectivity index (χ4v) is 5.60. The number of aryl methyl sites for hydroxylation is 1. The first-order chi connectivity index (χ1) is 15.3. The Morgan fingerprint density at radius 2 is 2.03 bits per heavy atom. The second kappa shape index (κ2) is 8.88. The summed E-state index contributed by atoms with van der Waals surface area (Å²) in [4.78, 5) is 9.95. The van der Waals surface area contributed by atoms with Gasteiger partial charge in [-0.2, -0.15) is 5.10 Å². The van der Waals surface area contributed by atoms with Gasteiger partial charge in [0.05, 0.1) is 4.92 Å². The zero-order valence-electron chi connectivity index (χ0n) is 16.9. The topological polar surface area (TPSA) is 111 Å². The number of hydrogen-bond donors (Lipinski definition) is 1. The first-order valence-electron chi connectivity index (χ1n) is 9.62. The van der Waals surface area contributed by atoms with E-state index in [0.29, 0.717) is 35.1 Å². The molecule has 0 spiro atoms. The molecule has 0 radical (unpaired) electrons. The van der Waals surface area contributed by atoms with Gasteiger partial charge in [-0.15, -0.1) is 10.2 Å². The van der Waals surface area contributed by atoms with E-state index in [4.69, 9.17) is 5.73 Å². The monoisotopic (exact) mass is 476 g/mol. The van der Waals surface area contributed by atoms with Crippen molar-refractivity contribution in [2.24, 2.45) is 10.8 Å². The van der Waals surface area contributed by atoms with Crippen LogP contribution in [0.15, 0.2) is 47.6 Å². The van der Waals surface area contributed by atoms with Gasteiger partial charge in [-0.25, -0.2) is 13.8 Å². The number of hydrogen-bond acceptors (Lipinski definition) is 9. The molecule has 4 rings (SSSR count). The minimum atomic E-state index is -1.01. The molecule has 0 amide bonds. The normalized spacial score (nSPS) is 18.1. The van der Waals surface area contributed by atoms with Crippen LogP contribution in [0.5, 0.6) is 0 Å². The number of non-ortho nitro benzene ring substituents is 1. The number of halogens is 2. The molecular weight excluding hydrogens is 458 g/mol. The Labute approximate surface area is 190 Å². The van der Waals surface area contributed by atoms with Crippen molar-refractivity contribution in [3.63, 3.8) is 0 Å². The highest BCUT2D eigenvalue weighted by molar-refractivity contribution is 8.15. The number of rotatable bonds is 7. The molecule has 2 heterocycles. The summed E-state index contributed by atoms with van der Waals surface area (Å²) in [5, 5.41) is 27.2. The fourth-order valence-electron chi connectivity index (χ4n) is 3.42. The lowest BCUT2D eigenvalue weighted by molar-refractivity contribution is -0.384. The smallest absolute Gasteiger partial charge is 0.269 e. The maximum Gasteiger partial charge on any atom is 0.269 e. The molecule has 1 aliphatic rings. The van der Waals surface area contributed by atoms with Crippen LogP contribution in [0.4, 0.5) is 19.6 Å². The quantitative estimate of drug-likeness (QED) is 0.394. The number of thioether (sulfide) groups is 1. The average Bonchev–Trinajstić information content (AvgIpc) is 3.38. The van der Waals surface area contributed by atoms with Crippen LogP contribution < -0.4 is 10.7 Å². The van der Waals surface area contributed by atoms with Crippen molar-refractivity contribution in [1.29, 1.82) is 0 Å². The first kappa shape index (κ1) is 22.2. The number of aromatic nitrogens is 2. The summed E-state index contributed by atoms with van der Waals surface area (Å²) in [5.41, 5.74) is 6.28. The van der Waals surface area contributed by atoms with Gasteiger partial charge in [0.1, 0.15) is 26.6 Å². The van der Waals surface area contributed by atoms with Crippen molar-refractivity contribution in [3.05, 3.63) is 80.3 Å². The summed E-state index contributed by atoms with van der Waals surface area (Å²) in [7, 11) is 0. The van der Waals surface area contributed by atoms with Crippen LogP contribution in [0.25, 0.3) is 0 Å². The molecule has 0 aliphatic carbocycles. The maximum atomic E-state index is 14.6. The highest BCUT2D eigenvalue weighted by atomic mass is 32.2. The molecule has 1 unspecified atom stereocenters. The molecule has 1 aromatic heterocycles. The molecule has 1 aliphatic heterocycles. The molecule has 0 fully saturated rings. The summed E-state index contributed by atoms with van der Waals surface area (Å²) < 4.78 is 28.5. The van der Waals surface area contributed by atoms with E-state index in [1.165, 1.54) is 35.2 Å². The fraction of sp³-hybridized carbons (Fsp3) is 0.250. The zero-order chi connectivity index (χ0) is 22.9. The van der Waals surface area contributed by atoms with Crippen LogP contribution in [0.1, 0.15) is 29.0 Å². The molecule has 2 N–H and O–H groups in total. The van der Waals surface area contributed by atoms with Crippen LogP contribution in [-0.4, -0.2) is 26.7 Å². The number of anilines is 1. The van der Waals surface area contributed by atoms with E-state index in [2.05, 4.69) is 15.3 Å². The third-order valence-electron chi connectivity index (χ3n) is 4.88. The summed E-state index contributed by atoms with van der Waals surface area (Å²) in [5.74, 6) is -1.22. The molecule has 0 bridgehead atoms. The van der Waals surface area contributed by atoms with E-state index in [-0.39, 0.29) is 16.3 Å². The van der Waals surface area contributed by atoms with E-state index >= 15 is 0 Å². The molecule has 12 heteroatoms. The Morgan fingerprint density at radius 1 is 1.22 bits per heavy atom. The molecule has 1 atom stereocenters. The Balaban J connectivity index is 1.91. The van der Waals surface area contributed by atoms with Crippen LogP contribution >= 0.6 is 23.1 Å². The SMILES string of the molecule is Cc1nnc(N2N=C(c3cc(F)ccc3F)SC2(CCCN)c2cccc([N+](=O)[O-])c2)s1. The zero-order valence-corrected chi connectivity index (χ0v) is 18.5. The standard InChI is InChI=1S/C20H18F2N6O2S2/c1-12-24-25-19(31-12)27-20(8-3-9-23,13-4-2-5-15(10-13)28(29)30)32-18(26-27)16-11-14(21)6-7-17(16)22/h2,4-7,10-11H,3,8-9,23H2,1H3.